The van der Waals surface area contributed by atoms with Gasteiger partial charge in [-0.1, -0.05) is 6.08 Å². The highest BCUT2D eigenvalue weighted by atomic mass is 16.6. The molecule has 1 heterocycles. The summed E-state index contributed by atoms with van der Waals surface area (Å²) >= 11 is 0. The highest BCUT2D eigenvalue weighted by Crippen LogP contribution is 2.34. The van der Waals surface area contributed by atoms with E-state index in [1.54, 1.807) is 33.8 Å². The number of nitrogens with zero attached hydrogens (tertiary/aromatic N) is 1. The van der Waals surface area contributed by atoms with Crippen LogP contribution in [0.5, 0.6) is 0 Å². The SMILES string of the molecule is C=C[C@H]1CN(C(=O)OC(C)(C)C)[C@H](C)[C@](NC(C)=O)(C(=O)NC(C)(C)C)C1. The Bertz CT molecular complexity index is 603. The van der Waals surface area contributed by atoms with Gasteiger partial charge in [0.2, 0.25) is 11.8 Å². The molecule has 7 nitrogen and oxygen atoms in total. The molecule has 154 valence electrons. The second-order valence-electron chi connectivity index (χ2n) is 9.37. The van der Waals surface area contributed by atoms with Crippen LogP contribution in [0.4, 0.5) is 4.79 Å². The Balaban J connectivity index is 3.36. The van der Waals surface area contributed by atoms with Crippen molar-refractivity contribution in [2.75, 3.05) is 6.54 Å². The molecule has 1 rings (SSSR count). The third-order valence-electron chi connectivity index (χ3n) is 4.45. The summed E-state index contributed by atoms with van der Waals surface area (Å²) in [6.45, 7) is 18.3. The number of carbonyl (C=O) groups is 3. The van der Waals surface area contributed by atoms with Gasteiger partial charge in [0.15, 0.2) is 0 Å². The Kier molecular flexibility index (Phi) is 6.73. The van der Waals surface area contributed by atoms with Crippen LogP contribution >= 0.6 is 0 Å². The molecular formula is C20H35N3O4. The van der Waals surface area contributed by atoms with Crippen LogP contribution in [0.15, 0.2) is 12.7 Å². The van der Waals surface area contributed by atoms with E-state index in [1.165, 1.54) is 11.8 Å². The lowest BCUT2D eigenvalue weighted by molar-refractivity contribution is -0.140. The van der Waals surface area contributed by atoms with Gasteiger partial charge in [0.1, 0.15) is 11.1 Å². The molecule has 3 amide bonds. The molecule has 2 N–H and O–H groups in total. The lowest BCUT2D eigenvalue weighted by Gasteiger charge is -2.50. The molecule has 3 atom stereocenters. The van der Waals surface area contributed by atoms with E-state index in [4.69, 9.17) is 4.74 Å². The zero-order valence-corrected chi connectivity index (χ0v) is 17.9. The van der Waals surface area contributed by atoms with Crippen molar-refractivity contribution in [2.45, 2.75) is 84.5 Å². The molecule has 27 heavy (non-hydrogen) atoms. The van der Waals surface area contributed by atoms with Gasteiger partial charge in [0, 0.05) is 19.0 Å². The van der Waals surface area contributed by atoms with Crippen LogP contribution in [0, 0.1) is 5.92 Å². The molecule has 0 aromatic rings. The Hall–Kier alpha value is -2.05. The van der Waals surface area contributed by atoms with Crippen molar-refractivity contribution < 1.29 is 19.1 Å². The minimum atomic E-state index is -1.27. The smallest absolute Gasteiger partial charge is 0.410 e. The average Bonchev–Trinajstić information content (AvgIpc) is 2.45. The van der Waals surface area contributed by atoms with E-state index in [2.05, 4.69) is 17.2 Å². The molecule has 1 fully saturated rings. The third kappa shape index (κ3) is 5.97. The number of carbonyl (C=O) groups excluding carboxylic acids is 3. The van der Waals surface area contributed by atoms with Gasteiger partial charge in [-0.05, 0) is 60.8 Å². The molecule has 0 unspecified atom stereocenters. The number of likely N-dealkylation sites (tertiary alicyclic amines) is 1. The van der Waals surface area contributed by atoms with E-state index in [9.17, 15) is 14.4 Å². The molecule has 0 aromatic heterocycles. The maximum Gasteiger partial charge on any atom is 0.410 e. The van der Waals surface area contributed by atoms with E-state index in [0.717, 1.165) is 0 Å². The lowest BCUT2D eigenvalue weighted by Crippen LogP contribution is -2.73. The van der Waals surface area contributed by atoms with E-state index >= 15 is 0 Å². The first-order valence-electron chi connectivity index (χ1n) is 9.35. The number of amides is 3. The molecule has 0 bridgehead atoms. The standard InChI is InChI=1S/C20H35N3O4/c1-10-15-11-20(21-14(3)24,16(25)22-18(4,5)6)13(2)23(12-15)17(26)27-19(7,8)9/h10,13,15H,1,11-12H2,2-9H3,(H,21,24)(H,22,25)/t13-,15-,20+/m1/s1. The predicted octanol–water partition coefficient (Wildman–Crippen LogP) is 2.61. The first-order chi connectivity index (χ1) is 12.1. The second kappa shape index (κ2) is 7.90. The lowest BCUT2D eigenvalue weighted by atomic mass is 9.75. The molecule has 1 aliphatic rings. The van der Waals surface area contributed by atoms with Gasteiger partial charge in [-0.15, -0.1) is 6.58 Å². The van der Waals surface area contributed by atoms with Gasteiger partial charge in [-0.2, -0.15) is 0 Å². The minimum absolute atomic E-state index is 0.161. The van der Waals surface area contributed by atoms with Crippen LogP contribution in [-0.4, -0.2) is 52.1 Å². The van der Waals surface area contributed by atoms with Crippen LogP contribution in [-0.2, 0) is 14.3 Å². The largest absolute Gasteiger partial charge is 0.444 e. The first-order valence-corrected chi connectivity index (χ1v) is 9.35. The number of hydrogen-bond acceptors (Lipinski definition) is 4. The molecule has 7 heteroatoms. The molecule has 1 aliphatic heterocycles. The summed E-state index contributed by atoms with van der Waals surface area (Å²) in [7, 11) is 0. The molecule has 0 aliphatic carbocycles. The van der Waals surface area contributed by atoms with Crippen LogP contribution < -0.4 is 10.6 Å². The Morgan fingerprint density at radius 1 is 1.19 bits per heavy atom. The van der Waals surface area contributed by atoms with Gasteiger partial charge < -0.3 is 20.3 Å². The number of nitrogens with one attached hydrogen (secondary N) is 2. The van der Waals surface area contributed by atoms with Gasteiger partial charge in [-0.25, -0.2) is 4.79 Å². The van der Waals surface area contributed by atoms with Crippen molar-refractivity contribution in [1.82, 2.24) is 15.5 Å². The van der Waals surface area contributed by atoms with Crippen LogP contribution in [0.25, 0.3) is 0 Å². The number of hydrogen-bond donors (Lipinski definition) is 2. The average molecular weight is 382 g/mol. The van der Waals surface area contributed by atoms with Crippen molar-refractivity contribution in [3.8, 4) is 0 Å². The second-order valence-corrected chi connectivity index (χ2v) is 9.37. The zero-order valence-electron chi connectivity index (χ0n) is 17.9. The highest BCUT2D eigenvalue weighted by Gasteiger charge is 2.53. The van der Waals surface area contributed by atoms with Crippen molar-refractivity contribution in [1.29, 1.82) is 0 Å². The fourth-order valence-electron chi connectivity index (χ4n) is 3.30. The van der Waals surface area contributed by atoms with Crippen molar-refractivity contribution >= 4 is 17.9 Å². The monoisotopic (exact) mass is 381 g/mol. The minimum Gasteiger partial charge on any atom is -0.444 e. The quantitative estimate of drug-likeness (QED) is 0.736. The predicted molar refractivity (Wildman–Crippen MR) is 105 cm³/mol. The zero-order chi connectivity index (χ0) is 21.2. The fraction of sp³-hybridized carbons (Fsp3) is 0.750. The molecule has 0 spiro atoms. The maximum absolute atomic E-state index is 13.3. The molecule has 1 saturated heterocycles. The molecule has 0 aromatic carbocycles. The van der Waals surface area contributed by atoms with Gasteiger partial charge in [-0.3, -0.25) is 9.59 Å². The normalized spacial score (nSPS) is 26.1. The van der Waals surface area contributed by atoms with E-state index in [1.807, 2.05) is 20.8 Å². The fourth-order valence-corrected chi connectivity index (χ4v) is 3.30. The summed E-state index contributed by atoms with van der Waals surface area (Å²) in [5, 5.41) is 5.78. The van der Waals surface area contributed by atoms with Crippen molar-refractivity contribution in [3.05, 3.63) is 12.7 Å². The summed E-state index contributed by atoms with van der Waals surface area (Å²) in [4.78, 5) is 39.5. The summed E-state index contributed by atoms with van der Waals surface area (Å²) in [6, 6.07) is -0.588. The topological polar surface area (TPSA) is 87.7 Å². The Morgan fingerprint density at radius 3 is 2.15 bits per heavy atom. The summed E-state index contributed by atoms with van der Waals surface area (Å²) in [6.07, 6.45) is 1.56. The van der Waals surface area contributed by atoms with Crippen LogP contribution in [0.1, 0.15) is 61.8 Å². The van der Waals surface area contributed by atoms with Crippen molar-refractivity contribution in [3.63, 3.8) is 0 Å². The van der Waals surface area contributed by atoms with Gasteiger partial charge in [0.25, 0.3) is 0 Å². The number of piperidine rings is 1. The molecule has 0 saturated carbocycles. The number of ether oxygens (including phenoxy) is 1. The first kappa shape index (κ1) is 23.0. The third-order valence-corrected chi connectivity index (χ3v) is 4.45. The van der Waals surface area contributed by atoms with Crippen LogP contribution in [0.3, 0.4) is 0 Å². The van der Waals surface area contributed by atoms with Gasteiger partial charge in [0.05, 0.1) is 6.04 Å². The number of rotatable bonds is 3. The van der Waals surface area contributed by atoms with E-state index in [0.29, 0.717) is 13.0 Å². The van der Waals surface area contributed by atoms with Crippen molar-refractivity contribution in [2.24, 2.45) is 5.92 Å². The summed E-state index contributed by atoms with van der Waals surface area (Å²) in [5.41, 5.74) is -2.42. The van der Waals surface area contributed by atoms with Gasteiger partial charge >= 0.3 is 6.09 Å². The Morgan fingerprint density at radius 2 is 1.74 bits per heavy atom. The summed E-state index contributed by atoms with van der Waals surface area (Å²) in [5.74, 6) is -0.816. The summed E-state index contributed by atoms with van der Waals surface area (Å²) < 4.78 is 5.53. The molecular weight excluding hydrogens is 346 g/mol. The maximum atomic E-state index is 13.3. The van der Waals surface area contributed by atoms with E-state index < -0.39 is 28.8 Å². The highest BCUT2D eigenvalue weighted by molar-refractivity contribution is 5.93. The van der Waals surface area contributed by atoms with Crippen LogP contribution in [0.2, 0.25) is 0 Å². The Labute approximate surface area is 162 Å². The molecule has 0 radical (unpaired) electrons. The van der Waals surface area contributed by atoms with E-state index in [-0.39, 0.29) is 17.7 Å².